The Bertz CT molecular complexity index is 119. The first kappa shape index (κ1) is 11.5. The van der Waals surface area contributed by atoms with E-state index in [1.54, 1.807) is 7.11 Å². The molecule has 0 N–H and O–H groups in total. The first-order valence-electron chi connectivity index (χ1n) is 4.68. The largest absolute Gasteiger partial charge is 0.502 e. The number of methoxy groups -OCH3 is 1. The quantitative estimate of drug-likeness (QED) is 0.545. The smallest absolute Gasteiger partial charge is 0.0884 e. The van der Waals surface area contributed by atoms with Crippen LogP contribution in [0.3, 0.4) is 0 Å². The van der Waals surface area contributed by atoms with Gasteiger partial charge in [0, 0.05) is 6.42 Å². The fourth-order valence-corrected chi connectivity index (χ4v) is 1.14. The van der Waals surface area contributed by atoms with Crippen LogP contribution in [0.1, 0.15) is 26.7 Å². The molecule has 0 saturated carbocycles. The van der Waals surface area contributed by atoms with E-state index in [0.29, 0.717) is 0 Å². The van der Waals surface area contributed by atoms with Crippen LogP contribution in [0.15, 0.2) is 12.3 Å². The van der Waals surface area contributed by atoms with Crippen LogP contribution in [-0.2, 0) is 4.74 Å². The van der Waals surface area contributed by atoms with Crippen molar-refractivity contribution in [1.82, 2.24) is 4.90 Å². The first-order valence-corrected chi connectivity index (χ1v) is 4.68. The van der Waals surface area contributed by atoms with Crippen molar-refractivity contribution in [3.63, 3.8) is 0 Å². The van der Waals surface area contributed by atoms with Gasteiger partial charge in [-0.05, 0) is 26.1 Å². The lowest BCUT2D eigenvalue weighted by atomic mass is 10.2. The molecule has 0 heterocycles. The third kappa shape index (κ3) is 5.19. The van der Waals surface area contributed by atoms with Crippen molar-refractivity contribution in [2.24, 2.45) is 0 Å². The molecule has 0 aliphatic carbocycles. The number of rotatable bonds is 7. The van der Waals surface area contributed by atoms with Gasteiger partial charge in [-0.15, -0.1) is 0 Å². The zero-order valence-corrected chi connectivity index (χ0v) is 8.60. The number of hydrogen-bond donors (Lipinski definition) is 0. The monoisotopic (exact) mass is 171 g/mol. The lowest BCUT2D eigenvalue weighted by Crippen LogP contribution is -2.23. The highest BCUT2D eigenvalue weighted by Gasteiger charge is 1.98. The predicted molar refractivity (Wildman–Crippen MR) is 53.2 cm³/mol. The third-order valence-corrected chi connectivity index (χ3v) is 2.11. The second-order valence-electron chi connectivity index (χ2n) is 2.87. The van der Waals surface area contributed by atoms with E-state index in [9.17, 15) is 0 Å². The highest BCUT2D eigenvalue weighted by atomic mass is 16.5. The summed E-state index contributed by atoms with van der Waals surface area (Å²) >= 11 is 0. The van der Waals surface area contributed by atoms with Gasteiger partial charge in [0.15, 0.2) is 0 Å². The van der Waals surface area contributed by atoms with Gasteiger partial charge < -0.3 is 9.64 Å². The average molecular weight is 171 g/mol. The van der Waals surface area contributed by atoms with Gasteiger partial charge in [0.2, 0.25) is 0 Å². The zero-order valence-electron chi connectivity index (χ0n) is 8.60. The summed E-state index contributed by atoms with van der Waals surface area (Å²) in [5.74, 6) is 0.891. The minimum atomic E-state index is 0.891. The van der Waals surface area contributed by atoms with Gasteiger partial charge in [0.1, 0.15) is 0 Å². The number of hydrogen-bond acceptors (Lipinski definition) is 2. The van der Waals surface area contributed by atoms with E-state index in [2.05, 4.69) is 25.3 Å². The Kier molecular flexibility index (Phi) is 6.87. The lowest BCUT2D eigenvalue weighted by molar-refractivity contribution is 0.258. The standard InChI is InChI=1S/C10H21NO/c1-5-11(6-2)9-7-8-10(3)12-4/h3,5-9H2,1-2,4H3. The van der Waals surface area contributed by atoms with Crippen LogP contribution in [0.4, 0.5) is 0 Å². The maximum absolute atomic E-state index is 4.99. The summed E-state index contributed by atoms with van der Waals surface area (Å²) in [6.07, 6.45) is 2.13. The Labute approximate surface area is 76.2 Å². The zero-order chi connectivity index (χ0) is 9.40. The molecule has 0 atom stereocenters. The van der Waals surface area contributed by atoms with Gasteiger partial charge in [-0.2, -0.15) is 0 Å². The second kappa shape index (κ2) is 7.17. The summed E-state index contributed by atoms with van der Waals surface area (Å²) < 4.78 is 4.99. The highest BCUT2D eigenvalue weighted by Crippen LogP contribution is 2.03. The molecule has 0 amide bonds. The normalized spacial score (nSPS) is 10.3. The van der Waals surface area contributed by atoms with Crippen LogP contribution in [0.5, 0.6) is 0 Å². The van der Waals surface area contributed by atoms with Gasteiger partial charge in [-0.25, -0.2) is 0 Å². The molecule has 0 aliphatic rings. The molecular formula is C10H21NO. The van der Waals surface area contributed by atoms with Crippen molar-refractivity contribution in [3.05, 3.63) is 12.3 Å². The summed E-state index contributed by atoms with van der Waals surface area (Å²) in [4.78, 5) is 2.41. The molecule has 0 aromatic heterocycles. The summed E-state index contributed by atoms with van der Waals surface area (Å²) in [7, 11) is 1.68. The van der Waals surface area contributed by atoms with Gasteiger partial charge in [-0.3, -0.25) is 0 Å². The first-order chi connectivity index (χ1) is 5.74. The molecule has 2 nitrogen and oxygen atoms in total. The van der Waals surface area contributed by atoms with Gasteiger partial charge in [0.05, 0.1) is 12.9 Å². The van der Waals surface area contributed by atoms with Crippen LogP contribution in [0.2, 0.25) is 0 Å². The van der Waals surface area contributed by atoms with E-state index < -0.39 is 0 Å². The lowest BCUT2D eigenvalue weighted by Gasteiger charge is -2.17. The summed E-state index contributed by atoms with van der Waals surface area (Å²) in [5, 5.41) is 0. The fourth-order valence-electron chi connectivity index (χ4n) is 1.14. The van der Waals surface area contributed by atoms with E-state index in [0.717, 1.165) is 38.2 Å². The molecule has 0 radical (unpaired) electrons. The Morgan fingerprint density at radius 3 is 2.33 bits per heavy atom. The molecule has 0 bridgehead atoms. The Hall–Kier alpha value is -0.500. The number of ether oxygens (including phenoxy) is 1. The summed E-state index contributed by atoms with van der Waals surface area (Å²) in [5.41, 5.74) is 0. The molecule has 12 heavy (non-hydrogen) atoms. The van der Waals surface area contributed by atoms with E-state index >= 15 is 0 Å². The molecular weight excluding hydrogens is 150 g/mol. The minimum absolute atomic E-state index is 0.891. The van der Waals surface area contributed by atoms with E-state index in [1.807, 2.05) is 0 Å². The summed E-state index contributed by atoms with van der Waals surface area (Å²) in [6.45, 7) is 11.6. The molecule has 0 spiro atoms. The SMILES string of the molecule is C=C(CCCN(CC)CC)OC. The van der Waals surface area contributed by atoms with Gasteiger partial charge in [0.25, 0.3) is 0 Å². The van der Waals surface area contributed by atoms with Crippen molar-refractivity contribution in [3.8, 4) is 0 Å². The molecule has 2 heteroatoms. The average Bonchev–Trinajstić information content (AvgIpc) is 2.12. The van der Waals surface area contributed by atoms with Crippen LogP contribution in [0, 0.1) is 0 Å². The van der Waals surface area contributed by atoms with E-state index in [4.69, 9.17) is 4.74 Å². The van der Waals surface area contributed by atoms with E-state index in [-0.39, 0.29) is 0 Å². The van der Waals surface area contributed by atoms with E-state index in [1.165, 1.54) is 0 Å². The molecule has 0 aromatic rings. The van der Waals surface area contributed by atoms with Crippen LogP contribution in [-0.4, -0.2) is 31.6 Å². The van der Waals surface area contributed by atoms with Crippen molar-refractivity contribution in [1.29, 1.82) is 0 Å². The maximum Gasteiger partial charge on any atom is 0.0884 e. The van der Waals surface area contributed by atoms with Crippen LogP contribution < -0.4 is 0 Å². The molecule has 0 fully saturated rings. The topological polar surface area (TPSA) is 12.5 Å². The number of nitrogens with zero attached hydrogens (tertiary/aromatic N) is 1. The molecule has 0 aliphatic heterocycles. The molecule has 72 valence electrons. The van der Waals surface area contributed by atoms with Crippen molar-refractivity contribution >= 4 is 0 Å². The molecule has 0 aromatic carbocycles. The minimum Gasteiger partial charge on any atom is -0.502 e. The molecule has 0 unspecified atom stereocenters. The third-order valence-electron chi connectivity index (χ3n) is 2.11. The highest BCUT2D eigenvalue weighted by molar-refractivity contribution is 4.81. The maximum atomic E-state index is 4.99. The summed E-state index contributed by atoms with van der Waals surface area (Å²) in [6, 6.07) is 0. The van der Waals surface area contributed by atoms with Crippen LogP contribution >= 0.6 is 0 Å². The Morgan fingerprint density at radius 1 is 1.33 bits per heavy atom. The predicted octanol–water partition coefficient (Wildman–Crippen LogP) is 2.27. The van der Waals surface area contributed by atoms with Crippen LogP contribution in [0.25, 0.3) is 0 Å². The number of allylic oxidation sites excluding steroid dienone is 1. The Balaban J connectivity index is 3.34. The second-order valence-corrected chi connectivity index (χ2v) is 2.87. The molecule has 0 rings (SSSR count). The van der Waals surface area contributed by atoms with Crippen molar-refractivity contribution < 1.29 is 4.74 Å². The van der Waals surface area contributed by atoms with Crippen molar-refractivity contribution in [2.45, 2.75) is 26.7 Å². The molecule has 0 saturated heterocycles. The Morgan fingerprint density at radius 2 is 1.92 bits per heavy atom. The van der Waals surface area contributed by atoms with Crippen molar-refractivity contribution in [2.75, 3.05) is 26.7 Å². The van der Waals surface area contributed by atoms with Gasteiger partial charge in [-0.1, -0.05) is 20.4 Å². The van der Waals surface area contributed by atoms with Gasteiger partial charge >= 0.3 is 0 Å². The fraction of sp³-hybridized carbons (Fsp3) is 0.800.